The molecule has 1 fully saturated rings. The van der Waals surface area contributed by atoms with Crippen molar-refractivity contribution in [2.45, 2.75) is 49.1 Å². The van der Waals surface area contributed by atoms with Gasteiger partial charge in [0, 0.05) is 17.1 Å². The lowest BCUT2D eigenvalue weighted by Gasteiger charge is -2.49. The van der Waals surface area contributed by atoms with Crippen LogP contribution in [0.4, 0.5) is 4.79 Å². The number of nitrogens with one attached hydrogen (secondary N) is 2. The number of rotatable bonds is 14. The molecule has 2 aliphatic rings. The second kappa shape index (κ2) is 15.9. The first kappa shape index (κ1) is 36.8. The average Bonchev–Trinajstić information content (AvgIpc) is 3.02. The molecule has 3 N–H and O–H groups in total. The van der Waals surface area contributed by atoms with Gasteiger partial charge in [-0.2, -0.15) is 0 Å². The highest BCUT2D eigenvalue weighted by molar-refractivity contribution is 8.00. The number of nitrogens with zero attached hydrogens (tertiary/aromatic N) is 2. The van der Waals surface area contributed by atoms with Crippen molar-refractivity contribution in [2.75, 3.05) is 51.8 Å². The summed E-state index contributed by atoms with van der Waals surface area (Å²) in [6.45, 7) is 6.32. The van der Waals surface area contributed by atoms with E-state index >= 15 is 0 Å². The Labute approximate surface area is 288 Å². The molecule has 0 bridgehead atoms. The number of carboxylic acids is 1. The van der Waals surface area contributed by atoms with E-state index in [9.17, 15) is 29.1 Å². The number of ether oxygens (including phenoxy) is 2. The lowest BCUT2D eigenvalue weighted by atomic mass is 10.0. The Morgan fingerprint density at radius 2 is 1.85 bits per heavy atom. The quantitative estimate of drug-likeness (QED) is 0.0875. The number of fused-ring (bicyclic) bond motifs is 2. The van der Waals surface area contributed by atoms with Crippen LogP contribution in [0.15, 0.2) is 70.8 Å². The molecule has 4 rings (SSSR count). The third-order valence-corrected chi connectivity index (χ3v) is 9.77. The van der Waals surface area contributed by atoms with E-state index < -0.39 is 41.0 Å². The summed E-state index contributed by atoms with van der Waals surface area (Å²) >= 11 is 2.80. The van der Waals surface area contributed by atoms with Crippen LogP contribution in [0.25, 0.3) is 10.8 Å². The summed E-state index contributed by atoms with van der Waals surface area (Å²) in [6, 6.07) is 13.2. The van der Waals surface area contributed by atoms with Crippen molar-refractivity contribution in [2.24, 2.45) is 0 Å². The van der Waals surface area contributed by atoms with Gasteiger partial charge in [-0.3, -0.25) is 19.3 Å². The van der Waals surface area contributed by atoms with E-state index in [4.69, 9.17) is 9.47 Å². The van der Waals surface area contributed by atoms with Crippen molar-refractivity contribution in [1.29, 1.82) is 0 Å². The van der Waals surface area contributed by atoms with E-state index in [0.717, 1.165) is 15.7 Å². The van der Waals surface area contributed by atoms with Gasteiger partial charge in [-0.25, -0.2) is 9.59 Å². The molecule has 14 heteroatoms. The lowest BCUT2D eigenvalue weighted by Crippen LogP contribution is -2.70. The van der Waals surface area contributed by atoms with Crippen molar-refractivity contribution in [1.82, 2.24) is 15.5 Å². The maximum absolute atomic E-state index is 13.1. The maximum Gasteiger partial charge on any atom is 0.408 e. The Kier molecular flexibility index (Phi) is 12.2. The van der Waals surface area contributed by atoms with E-state index in [1.54, 1.807) is 26.8 Å². The van der Waals surface area contributed by atoms with Crippen LogP contribution in [0.3, 0.4) is 0 Å². The third-order valence-electron chi connectivity index (χ3n) is 7.47. The number of allylic oxidation sites excluding steroid dienone is 1. The molecule has 0 spiro atoms. The van der Waals surface area contributed by atoms with Crippen LogP contribution < -0.4 is 10.6 Å². The van der Waals surface area contributed by atoms with Gasteiger partial charge in [-0.15, -0.1) is 23.5 Å². The first-order valence-electron chi connectivity index (χ1n) is 15.6. The second-order valence-electron chi connectivity index (χ2n) is 13.1. The molecule has 2 aromatic carbocycles. The van der Waals surface area contributed by atoms with E-state index in [1.807, 2.05) is 62.6 Å². The molecular weight excluding hydrogens is 657 g/mol. The summed E-state index contributed by atoms with van der Waals surface area (Å²) in [6.07, 6.45) is 3.51. The molecule has 258 valence electrons. The van der Waals surface area contributed by atoms with Crippen molar-refractivity contribution in [3.8, 4) is 0 Å². The highest BCUT2D eigenvalue weighted by atomic mass is 32.2. The summed E-state index contributed by atoms with van der Waals surface area (Å²) in [7, 11) is 4.00. The largest absolute Gasteiger partial charge is 0.477 e. The number of aliphatic carboxylic acids is 1. The van der Waals surface area contributed by atoms with Crippen LogP contribution in [-0.4, -0.2) is 113 Å². The van der Waals surface area contributed by atoms with Crippen LogP contribution in [0.5, 0.6) is 0 Å². The number of likely N-dealkylation sites (N-methyl/N-ethyl adjacent to an activating group) is 1. The number of β-lactam (4-membered cyclic amide) rings is 1. The molecular formula is C34H43N4O8S2+. The number of esters is 1. The maximum atomic E-state index is 13.1. The molecule has 2 heterocycles. The standard InChI is InChI=1S/C34H42N4O8S2/c1-34(2,3)46-33(44)35-19-27(40)45-17-9-16-38(4,5)15-8-12-24-20-48-31-28(30(41)37(31)29(24)32(42)43)36-26(39)21-47-25-14-13-22-10-6-7-11-23(22)18-25/h6-8,10-14,18,28,31H,9,15-17,19-21H2,1-5H3,(H2-,35,36,39,42,43,44)/p+1/b12-8+/t28-,31-/m1/s1. The summed E-state index contributed by atoms with van der Waals surface area (Å²) in [5.74, 6) is -1.96. The number of hydrogen-bond donors (Lipinski definition) is 3. The number of thioether (sulfide) groups is 2. The molecule has 3 amide bonds. The lowest BCUT2D eigenvalue weighted by molar-refractivity contribution is -0.884. The minimum atomic E-state index is -1.19. The van der Waals surface area contributed by atoms with Crippen LogP contribution in [0.2, 0.25) is 0 Å². The van der Waals surface area contributed by atoms with Crippen LogP contribution in [0.1, 0.15) is 27.2 Å². The number of hydrogen-bond acceptors (Lipinski definition) is 9. The molecule has 0 aromatic heterocycles. The van der Waals surface area contributed by atoms with Crippen LogP contribution >= 0.6 is 23.5 Å². The average molecular weight is 700 g/mol. The predicted octanol–water partition coefficient (Wildman–Crippen LogP) is 3.76. The van der Waals surface area contributed by atoms with Gasteiger partial charge in [0.1, 0.15) is 29.3 Å². The molecule has 48 heavy (non-hydrogen) atoms. The number of alkyl carbamates (subject to hydrolysis) is 1. The highest BCUT2D eigenvalue weighted by Gasteiger charge is 2.53. The van der Waals surface area contributed by atoms with Gasteiger partial charge < -0.3 is 29.7 Å². The zero-order chi connectivity index (χ0) is 35.1. The highest BCUT2D eigenvalue weighted by Crippen LogP contribution is 2.40. The minimum Gasteiger partial charge on any atom is -0.477 e. The number of quaternary nitrogens is 1. The van der Waals surface area contributed by atoms with Gasteiger partial charge in [-0.1, -0.05) is 36.4 Å². The number of carbonyl (C=O) groups excluding carboxylic acids is 4. The van der Waals surface area contributed by atoms with E-state index in [0.29, 0.717) is 35.3 Å². The second-order valence-corrected chi connectivity index (χ2v) is 15.3. The van der Waals surface area contributed by atoms with Gasteiger partial charge in [0.2, 0.25) is 5.91 Å². The molecule has 0 radical (unpaired) electrons. The normalized spacial score (nSPS) is 17.9. The SMILES string of the molecule is CC(C)(C)OC(=O)NCC(=O)OCCC[N+](C)(C)C/C=C/C1=C(C(=O)O)N2C(=O)[C@@H](NC(=O)CSc3ccc4ccccc4c3)[C@H]2SC1. The van der Waals surface area contributed by atoms with Gasteiger partial charge in [0.05, 0.1) is 39.5 Å². The first-order valence-corrected chi connectivity index (χ1v) is 17.6. The van der Waals surface area contributed by atoms with Gasteiger partial charge >= 0.3 is 18.0 Å². The Morgan fingerprint density at radius 1 is 1.12 bits per heavy atom. The fourth-order valence-corrected chi connectivity index (χ4v) is 7.23. The summed E-state index contributed by atoms with van der Waals surface area (Å²) in [5.41, 5.74) is -0.197. The van der Waals surface area contributed by atoms with E-state index in [-0.39, 0.29) is 30.5 Å². The first-order chi connectivity index (χ1) is 22.6. The smallest absolute Gasteiger partial charge is 0.408 e. The van der Waals surface area contributed by atoms with Crippen molar-refractivity contribution in [3.05, 3.63) is 65.9 Å². The fourth-order valence-electron chi connectivity index (χ4n) is 5.15. The zero-order valence-electron chi connectivity index (χ0n) is 27.8. The molecule has 0 saturated carbocycles. The molecule has 0 aliphatic carbocycles. The van der Waals surface area contributed by atoms with Crippen molar-refractivity contribution in [3.63, 3.8) is 0 Å². The van der Waals surface area contributed by atoms with Crippen molar-refractivity contribution < 1.29 is 43.0 Å². The Bertz CT molecular complexity index is 1620. The zero-order valence-corrected chi connectivity index (χ0v) is 29.4. The summed E-state index contributed by atoms with van der Waals surface area (Å²) in [5, 5.41) is 16.9. The number of amides is 3. The van der Waals surface area contributed by atoms with Crippen LogP contribution in [-0.2, 0) is 28.7 Å². The fraction of sp³-hybridized carbons (Fsp3) is 0.441. The predicted molar refractivity (Wildman–Crippen MR) is 185 cm³/mol. The monoisotopic (exact) mass is 699 g/mol. The molecule has 0 unspecified atom stereocenters. The number of carbonyl (C=O) groups is 5. The molecule has 2 aromatic rings. The molecule has 2 atom stereocenters. The van der Waals surface area contributed by atoms with Gasteiger partial charge in [-0.05, 0) is 55.3 Å². The molecule has 1 saturated heterocycles. The number of carboxylic acid groups (broad SMARTS) is 1. The summed E-state index contributed by atoms with van der Waals surface area (Å²) in [4.78, 5) is 63.9. The van der Waals surface area contributed by atoms with Crippen molar-refractivity contribution >= 4 is 64.1 Å². The van der Waals surface area contributed by atoms with E-state index in [1.165, 1.54) is 28.4 Å². The summed E-state index contributed by atoms with van der Waals surface area (Å²) < 4.78 is 10.8. The Balaban J connectivity index is 1.22. The Hall–Kier alpha value is -4.01. The molecule has 2 aliphatic heterocycles. The van der Waals surface area contributed by atoms with E-state index in [2.05, 4.69) is 10.6 Å². The van der Waals surface area contributed by atoms with Gasteiger partial charge in [0.15, 0.2) is 0 Å². The topological polar surface area (TPSA) is 151 Å². The van der Waals surface area contributed by atoms with Gasteiger partial charge in [0.25, 0.3) is 5.91 Å². The molecule has 12 nitrogen and oxygen atoms in total. The minimum absolute atomic E-state index is 0.0618. The number of benzene rings is 2. The van der Waals surface area contributed by atoms with Crippen LogP contribution in [0, 0.1) is 0 Å². The third kappa shape index (κ3) is 10.2. The Morgan fingerprint density at radius 3 is 2.56 bits per heavy atom.